The lowest BCUT2D eigenvalue weighted by Crippen LogP contribution is -2.03. The van der Waals surface area contributed by atoms with Crippen molar-refractivity contribution in [2.45, 2.75) is 38.5 Å². The van der Waals surface area contributed by atoms with Crippen LogP contribution in [0, 0.1) is 0 Å². The van der Waals surface area contributed by atoms with E-state index in [1.165, 1.54) is 0 Å². The molecule has 0 spiro atoms. The summed E-state index contributed by atoms with van der Waals surface area (Å²) in [5, 5.41) is 8.64. The average Bonchev–Trinajstić information content (AvgIpc) is 2.62. The van der Waals surface area contributed by atoms with Crippen molar-refractivity contribution < 1.29 is 18.3 Å². The van der Waals surface area contributed by atoms with E-state index in [0.717, 1.165) is 19.0 Å². The Labute approximate surface area is 89.8 Å². The number of aliphatic hydroxyl groups is 1. The molecule has 0 saturated heterocycles. The van der Waals surface area contributed by atoms with Gasteiger partial charge in [-0.2, -0.15) is 13.2 Å². The summed E-state index contributed by atoms with van der Waals surface area (Å²) in [4.78, 5) is 3.54. The van der Waals surface area contributed by atoms with Gasteiger partial charge < -0.3 is 5.11 Å². The number of aliphatic hydroxyl groups excluding tert-OH is 1. The number of unbranched alkanes of at least 4 members (excludes halogenated alkanes) is 1. The van der Waals surface area contributed by atoms with Crippen molar-refractivity contribution in [1.82, 2.24) is 4.98 Å². The van der Waals surface area contributed by atoms with Crippen LogP contribution in [0.15, 0.2) is 6.20 Å². The highest BCUT2D eigenvalue weighted by molar-refractivity contribution is 7.11. The summed E-state index contributed by atoms with van der Waals surface area (Å²) < 4.78 is 36.5. The van der Waals surface area contributed by atoms with Gasteiger partial charge in [0.2, 0.25) is 0 Å². The predicted octanol–water partition coefficient (Wildman–Crippen LogP) is 3.39. The van der Waals surface area contributed by atoms with Gasteiger partial charge in [-0.15, -0.1) is 11.3 Å². The van der Waals surface area contributed by atoms with Crippen LogP contribution in [0.5, 0.6) is 0 Å². The lowest BCUT2D eigenvalue weighted by molar-refractivity contribution is -0.137. The van der Waals surface area contributed by atoms with Gasteiger partial charge in [-0.3, -0.25) is 0 Å². The third-order valence-corrected chi connectivity index (χ3v) is 3.07. The maximum Gasteiger partial charge on any atom is 0.443 e. The normalized spacial score (nSPS) is 14.2. The molecule has 0 aliphatic rings. The van der Waals surface area contributed by atoms with E-state index in [0.29, 0.717) is 17.8 Å². The number of hydrogen-bond donors (Lipinski definition) is 1. The molecule has 0 amide bonds. The minimum absolute atomic E-state index is 0.288. The monoisotopic (exact) mass is 239 g/mol. The van der Waals surface area contributed by atoms with Crippen molar-refractivity contribution in [3.8, 4) is 0 Å². The lowest BCUT2D eigenvalue weighted by atomic mass is 10.1. The molecule has 0 saturated carbocycles. The van der Waals surface area contributed by atoms with Gasteiger partial charge in [0.05, 0.1) is 11.0 Å². The molecule has 0 aliphatic heterocycles. The van der Waals surface area contributed by atoms with Gasteiger partial charge >= 0.3 is 6.18 Å². The SMILES string of the molecule is CCCCC(O)c1cnc(C(F)(F)F)s1. The molecule has 1 rings (SSSR count). The van der Waals surface area contributed by atoms with Gasteiger partial charge in [-0.05, 0) is 6.42 Å². The predicted molar refractivity (Wildman–Crippen MR) is 51.6 cm³/mol. The van der Waals surface area contributed by atoms with Crippen molar-refractivity contribution in [3.63, 3.8) is 0 Å². The van der Waals surface area contributed by atoms with Crippen LogP contribution >= 0.6 is 11.3 Å². The highest BCUT2D eigenvalue weighted by Crippen LogP contribution is 2.35. The van der Waals surface area contributed by atoms with E-state index in [4.69, 9.17) is 0 Å². The van der Waals surface area contributed by atoms with E-state index < -0.39 is 17.3 Å². The molecule has 1 heterocycles. The quantitative estimate of drug-likeness (QED) is 0.873. The molecule has 1 atom stereocenters. The number of thiazole rings is 1. The smallest absolute Gasteiger partial charge is 0.388 e. The van der Waals surface area contributed by atoms with Crippen molar-refractivity contribution >= 4 is 11.3 Å². The highest BCUT2D eigenvalue weighted by atomic mass is 32.1. The number of rotatable bonds is 4. The van der Waals surface area contributed by atoms with E-state index in [2.05, 4.69) is 4.98 Å². The maximum atomic E-state index is 12.2. The van der Waals surface area contributed by atoms with Gasteiger partial charge in [0.25, 0.3) is 0 Å². The molecule has 1 N–H and O–H groups in total. The summed E-state index contributed by atoms with van der Waals surface area (Å²) in [5.41, 5.74) is 0. The molecule has 0 radical (unpaired) electrons. The number of halogens is 3. The van der Waals surface area contributed by atoms with Crippen LogP contribution in [-0.4, -0.2) is 10.1 Å². The molecular formula is C9H12F3NOS. The van der Waals surface area contributed by atoms with Crippen molar-refractivity contribution in [1.29, 1.82) is 0 Å². The van der Waals surface area contributed by atoms with Crippen LogP contribution < -0.4 is 0 Å². The van der Waals surface area contributed by atoms with E-state index in [9.17, 15) is 18.3 Å². The molecule has 0 aromatic carbocycles. The Morgan fingerprint density at radius 1 is 1.53 bits per heavy atom. The molecule has 0 fully saturated rings. The molecule has 15 heavy (non-hydrogen) atoms. The van der Waals surface area contributed by atoms with E-state index >= 15 is 0 Å². The minimum atomic E-state index is -4.41. The summed E-state index contributed by atoms with van der Waals surface area (Å²) in [7, 11) is 0. The zero-order valence-electron chi connectivity index (χ0n) is 8.21. The Balaban J connectivity index is 2.67. The molecule has 0 aliphatic carbocycles. The minimum Gasteiger partial charge on any atom is -0.388 e. The first-order chi connectivity index (χ1) is 6.95. The molecule has 1 aromatic rings. The Morgan fingerprint density at radius 2 is 2.20 bits per heavy atom. The fourth-order valence-electron chi connectivity index (χ4n) is 1.11. The second-order valence-corrected chi connectivity index (χ2v) is 4.29. The molecular weight excluding hydrogens is 227 g/mol. The van der Waals surface area contributed by atoms with Crippen LogP contribution in [0.4, 0.5) is 13.2 Å². The summed E-state index contributed by atoms with van der Waals surface area (Å²) in [6.07, 6.45) is -1.95. The third-order valence-electron chi connectivity index (χ3n) is 1.93. The molecule has 6 heteroatoms. The molecule has 2 nitrogen and oxygen atoms in total. The highest BCUT2D eigenvalue weighted by Gasteiger charge is 2.35. The molecule has 86 valence electrons. The summed E-state index contributed by atoms with van der Waals surface area (Å²) >= 11 is 0.512. The summed E-state index contributed by atoms with van der Waals surface area (Å²) in [6.45, 7) is 1.96. The van der Waals surface area contributed by atoms with Crippen molar-refractivity contribution in [2.75, 3.05) is 0 Å². The Hall–Kier alpha value is -0.620. The Kier molecular flexibility index (Phi) is 4.10. The molecule has 0 bridgehead atoms. The molecule has 1 unspecified atom stereocenters. The Morgan fingerprint density at radius 3 is 2.67 bits per heavy atom. The van der Waals surface area contributed by atoms with Crippen LogP contribution in [0.1, 0.15) is 42.2 Å². The number of hydrogen-bond acceptors (Lipinski definition) is 3. The van der Waals surface area contributed by atoms with Crippen LogP contribution in [-0.2, 0) is 6.18 Å². The fourth-order valence-corrected chi connectivity index (χ4v) is 1.92. The van der Waals surface area contributed by atoms with Gasteiger partial charge in [0, 0.05) is 6.20 Å². The van der Waals surface area contributed by atoms with Gasteiger partial charge in [0.1, 0.15) is 0 Å². The zero-order chi connectivity index (χ0) is 11.5. The second-order valence-electron chi connectivity index (χ2n) is 3.22. The van der Waals surface area contributed by atoms with Crippen molar-refractivity contribution in [2.24, 2.45) is 0 Å². The first-order valence-corrected chi connectivity index (χ1v) is 5.47. The third kappa shape index (κ3) is 3.46. The van der Waals surface area contributed by atoms with Gasteiger partial charge in [-0.25, -0.2) is 4.98 Å². The first kappa shape index (κ1) is 12.4. The number of nitrogens with zero attached hydrogens (tertiary/aromatic N) is 1. The topological polar surface area (TPSA) is 33.1 Å². The van der Waals surface area contributed by atoms with Gasteiger partial charge in [-0.1, -0.05) is 19.8 Å². The summed E-state index contributed by atoms with van der Waals surface area (Å²) in [6, 6.07) is 0. The van der Waals surface area contributed by atoms with Crippen molar-refractivity contribution in [3.05, 3.63) is 16.1 Å². The van der Waals surface area contributed by atoms with Crippen LogP contribution in [0.2, 0.25) is 0 Å². The second kappa shape index (κ2) is 4.94. The fraction of sp³-hybridized carbons (Fsp3) is 0.667. The standard InChI is InChI=1S/C9H12F3NOS/c1-2-3-4-6(14)7-5-13-8(15-7)9(10,11)12/h5-6,14H,2-4H2,1H3. The number of alkyl halides is 3. The zero-order valence-corrected chi connectivity index (χ0v) is 9.03. The lowest BCUT2D eigenvalue weighted by Gasteiger charge is -2.05. The Bertz CT molecular complexity index is 311. The summed E-state index contributed by atoms with van der Waals surface area (Å²) in [5.74, 6) is 0. The van der Waals surface area contributed by atoms with Crippen LogP contribution in [0.3, 0.4) is 0 Å². The number of aromatic nitrogens is 1. The molecule has 1 aromatic heterocycles. The van der Waals surface area contributed by atoms with E-state index in [1.54, 1.807) is 0 Å². The maximum absolute atomic E-state index is 12.2. The largest absolute Gasteiger partial charge is 0.443 e. The van der Waals surface area contributed by atoms with E-state index in [1.807, 2.05) is 6.92 Å². The average molecular weight is 239 g/mol. The van der Waals surface area contributed by atoms with Crippen LogP contribution in [0.25, 0.3) is 0 Å². The van der Waals surface area contributed by atoms with Gasteiger partial charge in [0.15, 0.2) is 5.01 Å². The first-order valence-electron chi connectivity index (χ1n) is 4.66. The van der Waals surface area contributed by atoms with E-state index in [-0.39, 0.29) is 4.88 Å².